The van der Waals surface area contributed by atoms with Crippen molar-refractivity contribution >= 4 is 51.7 Å². The Morgan fingerprint density at radius 1 is 1.38 bits per heavy atom. The Kier molecular flexibility index (Phi) is 13.8. The molecule has 0 spiro atoms. The van der Waals surface area contributed by atoms with Gasteiger partial charge < -0.3 is 4.74 Å². The van der Waals surface area contributed by atoms with Crippen LogP contribution in [0.3, 0.4) is 0 Å². The number of Topliss-reactive ketones (excluding diaryl/α,β-unsaturated/α-hetero) is 1. The van der Waals surface area contributed by atoms with E-state index < -0.39 is 5.97 Å². The van der Waals surface area contributed by atoms with Crippen molar-refractivity contribution in [1.82, 2.24) is 0 Å². The molecule has 6 heteroatoms. The molecule has 0 bridgehead atoms. The van der Waals surface area contributed by atoms with Crippen molar-refractivity contribution in [2.24, 2.45) is 0 Å². The molecule has 0 saturated carbocycles. The quantitative estimate of drug-likeness (QED) is 0.215. The number of ether oxygens (including phenoxy) is 1. The second kappa shape index (κ2) is 11.0. The van der Waals surface area contributed by atoms with E-state index in [0.717, 1.165) is 0 Å². The molecule has 3 nitrogen and oxygen atoms in total. The van der Waals surface area contributed by atoms with Crippen LogP contribution in [0.25, 0.3) is 0 Å². The molecule has 0 rings (SSSR count). The molecule has 0 heterocycles. The summed E-state index contributed by atoms with van der Waals surface area (Å²) in [6.45, 7) is 2.94. The van der Waals surface area contributed by atoms with Gasteiger partial charge >= 0.3 is 55.4 Å². The van der Waals surface area contributed by atoms with E-state index in [4.69, 9.17) is 0 Å². The molecule has 0 aromatic carbocycles. The van der Waals surface area contributed by atoms with E-state index in [-0.39, 0.29) is 11.4 Å². The Balaban J connectivity index is 0. The van der Waals surface area contributed by atoms with Gasteiger partial charge in [-0.3, -0.25) is 4.79 Å². The second-order valence-corrected chi connectivity index (χ2v) is 13.6. The molecule has 0 aromatic heterocycles. The van der Waals surface area contributed by atoms with E-state index in [1.54, 1.807) is 6.92 Å². The molecular weight excluding hydrogens is 437 g/mol. The first-order valence-electron chi connectivity index (χ1n) is 3.22. The average molecular weight is 447 g/mol. The maximum atomic E-state index is 10.7. The Morgan fingerprint density at radius 3 is 1.85 bits per heavy atom. The minimum absolute atomic E-state index is 0.0995. The summed E-state index contributed by atoms with van der Waals surface area (Å²) in [5.74, 6) is -0.843. The van der Waals surface area contributed by atoms with Gasteiger partial charge in [0.25, 0.3) is 0 Å². The zero-order valence-corrected chi connectivity index (χ0v) is 13.2. The van der Waals surface area contributed by atoms with Gasteiger partial charge in [-0.25, -0.2) is 4.79 Å². The number of hydrogen-bond acceptors (Lipinski definition) is 3. The fourth-order valence-electron chi connectivity index (χ4n) is 0.575. The summed E-state index contributed by atoms with van der Waals surface area (Å²) < 4.78 is 4.34. The molecule has 0 aliphatic carbocycles. The Bertz CT molecular complexity index is 204. The fraction of sp³-hybridized carbons (Fsp3) is 0.429. The van der Waals surface area contributed by atoms with Gasteiger partial charge in [0, 0.05) is 0 Å². The third-order valence-corrected chi connectivity index (χ3v) is 1.07. The molecule has 0 aliphatic heterocycles. The number of carbonyl (C=O) groups excluding carboxylic acids is 2. The summed E-state index contributed by atoms with van der Waals surface area (Å²) >= 11 is 4.74. The molecule has 0 aromatic rings. The first kappa shape index (κ1) is 16.4. The molecule has 0 radical (unpaired) electrons. The van der Waals surface area contributed by atoms with Crippen LogP contribution in [-0.4, -0.2) is 18.9 Å². The molecule has 75 valence electrons. The number of ketones is 1. The molecular formula is C7H10I2O3V. The summed E-state index contributed by atoms with van der Waals surface area (Å²) in [5.41, 5.74) is 0.0995. The number of hydrogen-bond donors (Lipinski definition) is 0. The van der Waals surface area contributed by atoms with Crippen LogP contribution in [0.15, 0.2) is 11.6 Å². The number of esters is 1. The van der Waals surface area contributed by atoms with E-state index in [1.807, 2.05) is 0 Å². The number of methoxy groups -OCH3 is 1. The van der Waals surface area contributed by atoms with Crippen molar-refractivity contribution in [2.45, 2.75) is 13.8 Å². The van der Waals surface area contributed by atoms with Crippen LogP contribution in [0.5, 0.6) is 0 Å². The van der Waals surface area contributed by atoms with Gasteiger partial charge in [-0.15, -0.1) is 0 Å². The number of rotatable bonds is 2. The Morgan fingerprint density at radius 2 is 1.77 bits per heavy atom. The first-order chi connectivity index (χ1) is 6.04. The standard InChI is InChI=1S/C7H10O3.2HI.V/c1-4-6(5(2)8)7(9)10-3;;;/h4H,1-3H3;2*1H;/q;;;+2/p-2/b6-4-;;;. The van der Waals surface area contributed by atoms with Gasteiger partial charge in [0.1, 0.15) is 0 Å². The first-order valence-corrected chi connectivity index (χ1v) is 12.2. The van der Waals surface area contributed by atoms with Crippen LogP contribution in [0.4, 0.5) is 0 Å². The molecule has 0 fully saturated rings. The Hall–Kier alpha value is 0.924. The van der Waals surface area contributed by atoms with Crippen molar-refractivity contribution < 1.29 is 23.8 Å². The van der Waals surface area contributed by atoms with E-state index in [1.165, 1.54) is 20.1 Å². The second-order valence-electron chi connectivity index (χ2n) is 1.81. The number of allylic oxidation sites excluding steroid dienone is 1. The van der Waals surface area contributed by atoms with Gasteiger partial charge in [-0.05, 0) is 13.8 Å². The summed E-state index contributed by atoms with van der Waals surface area (Å²) in [6, 6.07) is 0. The SMILES string of the molecule is C/C=C(/C(C)=O)C(=O)OC.[I][V][I]. The number of halogens is 2. The van der Waals surface area contributed by atoms with Crippen molar-refractivity contribution in [1.29, 1.82) is 0 Å². The summed E-state index contributed by atoms with van der Waals surface area (Å²) in [7, 11) is 1.87. The van der Waals surface area contributed by atoms with Gasteiger partial charge in [-0.1, -0.05) is 6.08 Å². The molecule has 0 aliphatic rings. The van der Waals surface area contributed by atoms with Crippen LogP contribution in [0.2, 0.25) is 0 Å². The average Bonchev–Trinajstić information content (AvgIpc) is 2.06. The topological polar surface area (TPSA) is 43.4 Å². The van der Waals surface area contributed by atoms with Gasteiger partial charge in [0.15, 0.2) is 5.78 Å². The Labute approximate surface area is 107 Å². The van der Waals surface area contributed by atoms with E-state index >= 15 is 0 Å². The third kappa shape index (κ3) is 9.23. The van der Waals surface area contributed by atoms with Crippen LogP contribution in [0.1, 0.15) is 13.8 Å². The third-order valence-electron chi connectivity index (χ3n) is 1.07. The van der Waals surface area contributed by atoms with Crippen molar-refractivity contribution in [3.63, 3.8) is 0 Å². The van der Waals surface area contributed by atoms with Crippen molar-refractivity contribution in [3.8, 4) is 0 Å². The van der Waals surface area contributed by atoms with Gasteiger partial charge in [0.05, 0.1) is 12.7 Å². The predicted octanol–water partition coefficient (Wildman–Crippen LogP) is 2.46. The zero-order valence-electron chi connectivity index (χ0n) is 7.51. The zero-order chi connectivity index (χ0) is 10.9. The van der Waals surface area contributed by atoms with E-state index in [2.05, 4.69) is 44.7 Å². The summed E-state index contributed by atoms with van der Waals surface area (Å²) in [5, 5.41) is 0. The predicted molar refractivity (Wildman–Crippen MR) is 64.5 cm³/mol. The van der Waals surface area contributed by atoms with Crippen LogP contribution >= 0.6 is 40.0 Å². The molecule has 0 saturated heterocycles. The summed E-state index contributed by atoms with van der Waals surface area (Å²) in [6.07, 6.45) is 1.44. The maximum absolute atomic E-state index is 10.7. The molecule has 0 N–H and O–H groups in total. The van der Waals surface area contributed by atoms with E-state index in [0.29, 0.717) is 9.47 Å². The van der Waals surface area contributed by atoms with Gasteiger partial charge in [-0.2, -0.15) is 0 Å². The van der Waals surface area contributed by atoms with Crippen molar-refractivity contribution in [2.75, 3.05) is 7.11 Å². The molecule has 0 atom stereocenters. The summed E-state index contributed by atoms with van der Waals surface area (Å²) in [4.78, 5) is 21.3. The van der Waals surface area contributed by atoms with Crippen LogP contribution in [-0.2, 0) is 23.8 Å². The van der Waals surface area contributed by atoms with Crippen LogP contribution < -0.4 is 0 Å². The van der Waals surface area contributed by atoms with Crippen molar-refractivity contribution in [3.05, 3.63) is 11.6 Å². The fourth-order valence-corrected chi connectivity index (χ4v) is 0.575. The molecule has 13 heavy (non-hydrogen) atoms. The van der Waals surface area contributed by atoms with E-state index in [9.17, 15) is 9.59 Å². The van der Waals surface area contributed by atoms with Gasteiger partial charge in [0.2, 0.25) is 0 Å². The van der Waals surface area contributed by atoms with Crippen LogP contribution in [0, 0.1) is 0 Å². The minimum atomic E-state index is -0.574. The monoisotopic (exact) mass is 447 g/mol. The number of carbonyl (C=O) groups is 2. The molecule has 0 unspecified atom stereocenters. The molecule has 0 amide bonds. The normalized spacial score (nSPS) is 9.46.